The average Bonchev–Trinajstić information content (AvgIpc) is 3.18. The molecule has 1 aliphatic carbocycles. The van der Waals surface area contributed by atoms with Crippen molar-refractivity contribution >= 4 is 11.6 Å². The van der Waals surface area contributed by atoms with Gasteiger partial charge in [-0.05, 0) is 73.2 Å². The lowest BCUT2D eigenvalue weighted by atomic mass is 9.90. The number of aliphatic imine (C=N–C) groups is 1. The molecule has 1 heterocycles. The summed E-state index contributed by atoms with van der Waals surface area (Å²) in [5.41, 5.74) is 11.7. The van der Waals surface area contributed by atoms with E-state index in [1.165, 1.54) is 36.1 Å². The van der Waals surface area contributed by atoms with Crippen molar-refractivity contribution in [1.29, 1.82) is 0 Å². The summed E-state index contributed by atoms with van der Waals surface area (Å²) in [6, 6.07) is 14.5. The summed E-state index contributed by atoms with van der Waals surface area (Å²) in [6.45, 7) is 0.550. The lowest BCUT2D eigenvalue weighted by Crippen LogP contribution is -2.24. The fourth-order valence-corrected chi connectivity index (χ4v) is 3.60. The molecule has 4 rings (SSSR count). The number of aromatic nitrogens is 2. The molecule has 0 aliphatic heterocycles. The van der Waals surface area contributed by atoms with Gasteiger partial charge in [0.25, 0.3) is 0 Å². The van der Waals surface area contributed by atoms with Crippen molar-refractivity contribution in [2.45, 2.75) is 32.1 Å². The molecule has 0 saturated carbocycles. The Morgan fingerprint density at radius 2 is 1.93 bits per heavy atom. The number of hydrogen-bond donors (Lipinski definition) is 2. The Balaban J connectivity index is 1.36. The molecule has 144 valence electrons. The number of anilines is 1. The number of halogens is 1. The van der Waals surface area contributed by atoms with E-state index in [0.717, 1.165) is 29.9 Å². The molecule has 6 heteroatoms. The summed E-state index contributed by atoms with van der Waals surface area (Å²) in [7, 11) is 0. The summed E-state index contributed by atoms with van der Waals surface area (Å²) in [4.78, 5) is 4.44. The number of aryl methyl sites for hydroxylation is 1. The van der Waals surface area contributed by atoms with Crippen LogP contribution in [0.5, 0.6) is 0 Å². The Morgan fingerprint density at radius 3 is 2.79 bits per heavy atom. The molecule has 2 aromatic carbocycles. The third kappa shape index (κ3) is 4.22. The van der Waals surface area contributed by atoms with Crippen molar-refractivity contribution in [2.24, 2.45) is 10.7 Å². The van der Waals surface area contributed by atoms with Crippen molar-refractivity contribution in [3.63, 3.8) is 0 Å². The highest BCUT2D eigenvalue weighted by Crippen LogP contribution is 2.27. The molecule has 5 nitrogen and oxygen atoms in total. The maximum atomic E-state index is 13.0. The molecule has 0 fully saturated rings. The van der Waals surface area contributed by atoms with Crippen LogP contribution in [0.25, 0.3) is 5.69 Å². The predicted molar refractivity (Wildman–Crippen MR) is 110 cm³/mol. The summed E-state index contributed by atoms with van der Waals surface area (Å²) in [5, 5.41) is 7.77. The van der Waals surface area contributed by atoms with Crippen LogP contribution in [0.3, 0.4) is 0 Å². The zero-order chi connectivity index (χ0) is 19.3. The van der Waals surface area contributed by atoms with Gasteiger partial charge in [0, 0.05) is 24.8 Å². The van der Waals surface area contributed by atoms with Crippen LogP contribution in [0.2, 0.25) is 0 Å². The minimum Gasteiger partial charge on any atom is -0.370 e. The van der Waals surface area contributed by atoms with Crippen LogP contribution in [0.15, 0.2) is 59.7 Å². The Morgan fingerprint density at radius 1 is 1.11 bits per heavy atom. The first-order valence-corrected chi connectivity index (χ1v) is 9.67. The van der Waals surface area contributed by atoms with Gasteiger partial charge in [-0.1, -0.05) is 12.1 Å². The first-order chi connectivity index (χ1) is 13.7. The fraction of sp³-hybridized carbons (Fsp3) is 0.273. The lowest BCUT2D eigenvalue weighted by Gasteiger charge is -2.19. The van der Waals surface area contributed by atoms with Crippen LogP contribution >= 0.6 is 0 Å². The highest BCUT2D eigenvalue weighted by Gasteiger charge is 2.13. The zero-order valence-electron chi connectivity index (χ0n) is 15.7. The first-order valence-electron chi connectivity index (χ1n) is 9.67. The molecule has 28 heavy (non-hydrogen) atoms. The van der Waals surface area contributed by atoms with E-state index in [2.05, 4.69) is 33.6 Å². The number of nitrogens with zero attached hydrogens (tertiary/aromatic N) is 3. The third-order valence-electron chi connectivity index (χ3n) is 5.04. The minimum atomic E-state index is -0.256. The van der Waals surface area contributed by atoms with Crippen molar-refractivity contribution in [1.82, 2.24) is 9.78 Å². The summed E-state index contributed by atoms with van der Waals surface area (Å²) in [6.07, 6.45) is 7.25. The van der Waals surface area contributed by atoms with E-state index in [1.807, 2.05) is 12.3 Å². The molecular weight excluding hydrogens is 353 g/mol. The minimum absolute atomic E-state index is 0.256. The topological polar surface area (TPSA) is 68.2 Å². The molecule has 0 atom stereocenters. The molecule has 0 spiro atoms. The third-order valence-corrected chi connectivity index (χ3v) is 5.04. The fourth-order valence-electron chi connectivity index (χ4n) is 3.60. The second kappa shape index (κ2) is 8.25. The number of nitrogens with two attached hydrogens (primary N) is 1. The van der Waals surface area contributed by atoms with E-state index in [4.69, 9.17) is 5.73 Å². The van der Waals surface area contributed by atoms with Gasteiger partial charge in [0.2, 0.25) is 0 Å². The molecule has 0 unspecified atom stereocenters. The highest BCUT2D eigenvalue weighted by molar-refractivity contribution is 5.93. The molecule has 3 aromatic rings. The summed E-state index contributed by atoms with van der Waals surface area (Å²) >= 11 is 0. The van der Waals surface area contributed by atoms with Gasteiger partial charge < -0.3 is 11.1 Å². The Kier molecular flexibility index (Phi) is 5.37. The van der Waals surface area contributed by atoms with Crippen LogP contribution in [0.4, 0.5) is 10.1 Å². The van der Waals surface area contributed by atoms with E-state index in [-0.39, 0.29) is 5.82 Å². The number of nitrogens with one attached hydrogen (secondary N) is 1. The zero-order valence-corrected chi connectivity index (χ0v) is 15.7. The number of fused-ring (bicyclic) bond motifs is 1. The van der Waals surface area contributed by atoms with Crippen LogP contribution < -0.4 is 11.1 Å². The smallest absolute Gasteiger partial charge is 0.193 e. The molecule has 0 saturated heterocycles. The van der Waals surface area contributed by atoms with E-state index in [1.54, 1.807) is 16.8 Å². The van der Waals surface area contributed by atoms with Crippen LogP contribution in [0.1, 0.15) is 29.7 Å². The lowest BCUT2D eigenvalue weighted by molar-refractivity contribution is 0.627. The van der Waals surface area contributed by atoms with Gasteiger partial charge in [0.1, 0.15) is 5.82 Å². The molecule has 3 N–H and O–H groups in total. The van der Waals surface area contributed by atoms with Gasteiger partial charge in [-0.15, -0.1) is 0 Å². The SMILES string of the molecule is NC(=NCCc1ccn(-c2ccc(F)cc2)n1)Nc1cccc2c1CCCC2. The maximum absolute atomic E-state index is 13.0. The number of hydrogen-bond acceptors (Lipinski definition) is 2. The van der Waals surface area contributed by atoms with Crippen LogP contribution in [0, 0.1) is 5.82 Å². The van der Waals surface area contributed by atoms with Crippen molar-refractivity contribution in [3.8, 4) is 5.69 Å². The van der Waals surface area contributed by atoms with Crippen molar-refractivity contribution < 1.29 is 4.39 Å². The average molecular weight is 377 g/mol. The second-order valence-electron chi connectivity index (χ2n) is 7.02. The highest BCUT2D eigenvalue weighted by atomic mass is 19.1. The second-order valence-corrected chi connectivity index (χ2v) is 7.02. The molecule has 1 aromatic heterocycles. The molecule has 0 bridgehead atoms. The van der Waals surface area contributed by atoms with Gasteiger partial charge in [0.15, 0.2) is 5.96 Å². The Labute approximate surface area is 164 Å². The molecule has 0 radical (unpaired) electrons. The first kappa shape index (κ1) is 18.2. The summed E-state index contributed by atoms with van der Waals surface area (Å²) in [5.74, 6) is 0.171. The number of guanidine groups is 1. The molecular formula is C22H24FN5. The predicted octanol–water partition coefficient (Wildman–Crippen LogP) is 3.86. The van der Waals surface area contributed by atoms with E-state index in [0.29, 0.717) is 18.9 Å². The quantitative estimate of drug-likeness (QED) is 0.524. The van der Waals surface area contributed by atoms with E-state index >= 15 is 0 Å². The number of rotatable bonds is 5. The maximum Gasteiger partial charge on any atom is 0.193 e. The molecule has 1 aliphatic rings. The normalized spacial score (nSPS) is 14.0. The summed E-state index contributed by atoms with van der Waals surface area (Å²) < 4.78 is 14.8. The van der Waals surface area contributed by atoms with Crippen molar-refractivity contribution in [2.75, 3.05) is 11.9 Å². The van der Waals surface area contributed by atoms with Gasteiger partial charge in [-0.3, -0.25) is 4.99 Å². The van der Waals surface area contributed by atoms with Crippen LogP contribution in [-0.2, 0) is 19.3 Å². The van der Waals surface area contributed by atoms with E-state index < -0.39 is 0 Å². The van der Waals surface area contributed by atoms with Gasteiger partial charge in [-0.2, -0.15) is 5.10 Å². The standard InChI is InChI=1S/C22H24FN5/c23-17-8-10-19(11-9-17)28-15-13-18(27-28)12-14-25-22(24)26-21-7-3-5-16-4-1-2-6-20(16)21/h3,5,7-11,13,15H,1-2,4,6,12,14H2,(H3,24,25,26). The number of benzene rings is 2. The van der Waals surface area contributed by atoms with E-state index in [9.17, 15) is 4.39 Å². The van der Waals surface area contributed by atoms with Gasteiger partial charge >= 0.3 is 0 Å². The molecule has 0 amide bonds. The van der Waals surface area contributed by atoms with Gasteiger partial charge in [0.05, 0.1) is 11.4 Å². The largest absolute Gasteiger partial charge is 0.370 e. The van der Waals surface area contributed by atoms with Crippen molar-refractivity contribution in [3.05, 3.63) is 77.4 Å². The van der Waals surface area contributed by atoms with Crippen LogP contribution in [-0.4, -0.2) is 22.3 Å². The Bertz CT molecular complexity index is 975. The Hall–Kier alpha value is -3.15. The monoisotopic (exact) mass is 377 g/mol. The van der Waals surface area contributed by atoms with Gasteiger partial charge in [-0.25, -0.2) is 9.07 Å².